The molecule has 1 aliphatic heterocycles. The van der Waals surface area contributed by atoms with E-state index >= 15 is 0 Å². The van der Waals surface area contributed by atoms with Gasteiger partial charge in [-0.1, -0.05) is 13.8 Å². The highest BCUT2D eigenvalue weighted by atomic mass is 32.2. The second-order valence-corrected chi connectivity index (χ2v) is 6.72. The van der Waals surface area contributed by atoms with Gasteiger partial charge < -0.3 is 11.1 Å². The van der Waals surface area contributed by atoms with Gasteiger partial charge in [-0.25, -0.2) is 4.39 Å². The lowest BCUT2D eigenvalue weighted by Crippen LogP contribution is -2.41. The molecular formula is C14H19FN2OS. The molecule has 0 bridgehead atoms. The zero-order valence-corrected chi connectivity index (χ0v) is 12.0. The molecule has 3 nitrogen and oxygen atoms in total. The van der Waals surface area contributed by atoms with Crippen LogP contribution >= 0.6 is 11.8 Å². The second kappa shape index (κ2) is 5.41. The van der Waals surface area contributed by atoms with E-state index in [0.29, 0.717) is 6.04 Å². The van der Waals surface area contributed by atoms with Gasteiger partial charge in [0.25, 0.3) is 5.91 Å². The van der Waals surface area contributed by atoms with Gasteiger partial charge in [0, 0.05) is 17.5 Å². The summed E-state index contributed by atoms with van der Waals surface area (Å²) in [5, 5.41) is 3.40. The van der Waals surface area contributed by atoms with Crippen LogP contribution < -0.4 is 11.1 Å². The zero-order chi connectivity index (χ0) is 14.0. The predicted octanol–water partition coefficient (Wildman–Crippen LogP) is 2.87. The Hall–Kier alpha value is -1.23. The van der Waals surface area contributed by atoms with Crippen LogP contribution in [0.15, 0.2) is 18.2 Å². The zero-order valence-electron chi connectivity index (χ0n) is 11.2. The summed E-state index contributed by atoms with van der Waals surface area (Å²) in [7, 11) is 0. The number of primary amides is 1. The fourth-order valence-corrected chi connectivity index (χ4v) is 3.79. The molecule has 0 aliphatic carbocycles. The van der Waals surface area contributed by atoms with E-state index in [1.165, 1.54) is 17.9 Å². The molecule has 1 amide bonds. The lowest BCUT2D eigenvalue weighted by molar-refractivity contribution is 0.0996. The third-order valence-corrected chi connectivity index (χ3v) is 4.75. The number of anilines is 1. The largest absolute Gasteiger partial charge is 0.381 e. The highest BCUT2D eigenvalue weighted by molar-refractivity contribution is 7.99. The van der Waals surface area contributed by atoms with Crippen molar-refractivity contribution in [1.29, 1.82) is 0 Å². The van der Waals surface area contributed by atoms with Gasteiger partial charge in [-0.15, -0.1) is 0 Å². The topological polar surface area (TPSA) is 55.1 Å². The monoisotopic (exact) mass is 282 g/mol. The minimum absolute atomic E-state index is 0.0636. The van der Waals surface area contributed by atoms with Crippen molar-refractivity contribution in [1.82, 2.24) is 0 Å². The number of nitrogens with two attached hydrogens (primary N) is 1. The van der Waals surface area contributed by atoms with Gasteiger partial charge in [0.15, 0.2) is 0 Å². The summed E-state index contributed by atoms with van der Waals surface area (Å²) in [5.74, 6) is 0.867. The van der Waals surface area contributed by atoms with E-state index < -0.39 is 11.7 Å². The van der Waals surface area contributed by atoms with E-state index in [1.807, 2.05) is 11.8 Å². The van der Waals surface area contributed by atoms with E-state index in [4.69, 9.17) is 5.73 Å². The van der Waals surface area contributed by atoms with Gasteiger partial charge >= 0.3 is 0 Å². The molecule has 0 aromatic heterocycles. The summed E-state index contributed by atoms with van der Waals surface area (Å²) in [6.07, 6.45) is 1.14. The molecule has 0 radical (unpaired) electrons. The maximum atomic E-state index is 13.4. The van der Waals surface area contributed by atoms with Crippen molar-refractivity contribution >= 4 is 23.4 Å². The molecule has 1 heterocycles. The van der Waals surface area contributed by atoms with Crippen molar-refractivity contribution in [2.45, 2.75) is 26.3 Å². The molecule has 2 rings (SSSR count). The highest BCUT2D eigenvalue weighted by Gasteiger charge is 2.32. The van der Waals surface area contributed by atoms with Gasteiger partial charge in [-0.3, -0.25) is 4.79 Å². The molecule has 19 heavy (non-hydrogen) atoms. The molecule has 5 heteroatoms. The number of nitrogens with one attached hydrogen (secondary N) is 1. The van der Waals surface area contributed by atoms with Crippen molar-refractivity contribution < 1.29 is 9.18 Å². The molecule has 1 unspecified atom stereocenters. The van der Waals surface area contributed by atoms with Crippen LogP contribution in [0.25, 0.3) is 0 Å². The fraction of sp³-hybridized carbons (Fsp3) is 0.500. The summed E-state index contributed by atoms with van der Waals surface area (Å²) in [6.45, 7) is 4.45. The highest BCUT2D eigenvalue weighted by Crippen LogP contribution is 2.36. The smallest absolute Gasteiger partial charge is 0.251 e. The van der Waals surface area contributed by atoms with Crippen molar-refractivity contribution in [2.75, 3.05) is 16.8 Å². The van der Waals surface area contributed by atoms with E-state index in [1.54, 1.807) is 6.07 Å². The molecule has 1 aromatic rings. The molecule has 1 aromatic carbocycles. The first-order valence-electron chi connectivity index (χ1n) is 6.34. The lowest BCUT2D eigenvalue weighted by atomic mass is 9.82. The molecule has 0 saturated carbocycles. The standard InChI is InChI=1S/C14H19FN2OS/c1-14(2)5-6-19-8-12(14)17-9-3-4-11(15)10(7-9)13(16)18/h3-4,7,12,17H,5-6,8H2,1-2H3,(H2,16,18). The Balaban J connectivity index is 2.19. The average Bonchev–Trinajstić information content (AvgIpc) is 2.33. The second-order valence-electron chi connectivity index (χ2n) is 5.57. The first-order valence-corrected chi connectivity index (χ1v) is 7.49. The van der Waals surface area contributed by atoms with Gasteiger partial charge in [0.2, 0.25) is 0 Å². The van der Waals surface area contributed by atoms with Gasteiger partial charge in [0.1, 0.15) is 5.82 Å². The summed E-state index contributed by atoms with van der Waals surface area (Å²) >= 11 is 1.91. The molecule has 1 aliphatic rings. The van der Waals surface area contributed by atoms with Crippen molar-refractivity contribution in [3.8, 4) is 0 Å². The van der Waals surface area contributed by atoms with Crippen molar-refractivity contribution in [2.24, 2.45) is 11.1 Å². The van der Waals surface area contributed by atoms with Crippen LogP contribution in [0.4, 0.5) is 10.1 Å². The van der Waals surface area contributed by atoms with Crippen LogP contribution in [0.2, 0.25) is 0 Å². The number of amides is 1. The molecule has 1 saturated heterocycles. The Morgan fingerprint density at radius 2 is 2.26 bits per heavy atom. The predicted molar refractivity (Wildman–Crippen MR) is 78.1 cm³/mol. The van der Waals surface area contributed by atoms with Crippen LogP contribution in [0.3, 0.4) is 0 Å². The Morgan fingerprint density at radius 1 is 1.53 bits per heavy atom. The number of halogens is 1. The maximum Gasteiger partial charge on any atom is 0.251 e. The van der Waals surface area contributed by atoms with E-state index in [2.05, 4.69) is 19.2 Å². The molecule has 104 valence electrons. The normalized spacial score (nSPS) is 21.9. The molecule has 3 N–H and O–H groups in total. The lowest BCUT2D eigenvalue weighted by Gasteiger charge is -2.39. The quantitative estimate of drug-likeness (QED) is 0.896. The van der Waals surface area contributed by atoms with E-state index in [9.17, 15) is 9.18 Å². The molecular weight excluding hydrogens is 263 g/mol. The molecule has 1 fully saturated rings. The Bertz CT molecular complexity index is 490. The Kier molecular flexibility index (Phi) is 4.04. The van der Waals surface area contributed by atoms with Crippen LogP contribution in [-0.2, 0) is 0 Å². The van der Waals surface area contributed by atoms with Crippen LogP contribution in [0, 0.1) is 11.2 Å². The number of hydrogen-bond donors (Lipinski definition) is 2. The summed E-state index contributed by atoms with van der Waals surface area (Å²) in [6, 6.07) is 4.73. The number of hydrogen-bond acceptors (Lipinski definition) is 3. The van der Waals surface area contributed by atoms with E-state index in [0.717, 1.165) is 17.9 Å². The number of benzene rings is 1. The van der Waals surface area contributed by atoms with Crippen LogP contribution in [0.1, 0.15) is 30.6 Å². The first kappa shape index (κ1) is 14.2. The van der Waals surface area contributed by atoms with Gasteiger partial charge in [-0.05, 0) is 35.8 Å². The minimum atomic E-state index is -0.738. The first-order chi connectivity index (χ1) is 8.90. The van der Waals surface area contributed by atoms with Crippen molar-refractivity contribution in [3.05, 3.63) is 29.6 Å². The Labute approximate surface area is 117 Å². The van der Waals surface area contributed by atoms with Crippen molar-refractivity contribution in [3.63, 3.8) is 0 Å². The van der Waals surface area contributed by atoms with Gasteiger partial charge in [-0.2, -0.15) is 11.8 Å². The Morgan fingerprint density at radius 3 is 2.89 bits per heavy atom. The third kappa shape index (κ3) is 3.21. The number of thioether (sulfide) groups is 1. The SMILES string of the molecule is CC1(C)CCSCC1Nc1ccc(F)c(C(N)=O)c1. The summed E-state index contributed by atoms with van der Waals surface area (Å²) < 4.78 is 13.4. The number of carbonyl (C=O) groups excluding carboxylic acids is 1. The third-order valence-electron chi connectivity index (χ3n) is 3.69. The van der Waals surface area contributed by atoms with Crippen LogP contribution in [0.5, 0.6) is 0 Å². The summed E-state index contributed by atoms with van der Waals surface area (Å²) in [4.78, 5) is 11.1. The maximum absolute atomic E-state index is 13.4. The average molecular weight is 282 g/mol. The molecule has 0 spiro atoms. The minimum Gasteiger partial charge on any atom is -0.381 e. The fourth-order valence-electron chi connectivity index (χ4n) is 2.18. The van der Waals surface area contributed by atoms with E-state index in [-0.39, 0.29) is 11.0 Å². The number of rotatable bonds is 3. The van der Waals surface area contributed by atoms with Crippen LogP contribution in [-0.4, -0.2) is 23.5 Å². The number of carbonyl (C=O) groups is 1. The summed E-state index contributed by atoms with van der Waals surface area (Å²) in [5.41, 5.74) is 6.03. The van der Waals surface area contributed by atoms with Gasteiger partial charge in [0.05, 0.1) is 5.56 Å². The molecule has 1 atom stereocenters.